The van der Waals surface area contributed by atoms with Gasteiger partial charge in [-0.05, 0) is 30.5 Å². The average Bonchev–Trinajstić information content (AvgIpc) is 3.17. The van der Waals surface area contributed by atoms with Crippen molar-refractivity contribution in [2.75, 3.05) is 0 Å². The predicted octanol–water partition coefficient (Wildman–Crippen LogP) is 1.70. The molecule has 0 atom stereocenters. The normalized spacial score (nSPS) is 20.7. The number of imide groups is 2. The van der Waals surface area contributed by atoms with Crippen molar-refractivity contribution in [3.05, 3.63) is 34.9 Å². The Kier molecular flexibility index (Phi) is 2.60. The van der Waals surface area contributed by atoms with Gasteiger partial charge in [0.05, 0.1) is 6.54 Å². The number of hydrogen-bond donors (Lipinski definition) is 1. The van der Waals surface area contributed by atoms with Gasteiger partial charge in [-0.25, -0.2) is 4.79 Å². The molecule has 1 N–H and O–H groups in total. The van der Waals surface area contributed by atoms with Crippen LogP contribution in [0.25, 0.3) is 0 Å². The fraction of sp³-hybridized carbons (Fsp3) is 0.308. The molecule has 0 radical (unpaired) electrons. The molecule has 0 aromatic heterocycles. The highest BCUT2D eigenvalue weighted by Crippen LogP contribution is 2.49. The highest BCUT2D eigenvalue weighted by atomic mass is 35.5. The van der Waals surface area contributed by atoms with Crippen molar-refractivity contribution < 1.29 is 14.4 Å². The van der Waals surface area contributed by atoms with Gasteiger partial charge in [0.2, 0.25) is 11.8 Å². The summed E-state index contributed by atoms with van der Waals surface area (Å²) in [6.45, 7) is 0.150. The van der Waals surface area contributed by atoms with Gasteiger partial charge in [-0.15, -0.1) is 0 Å². The molecule has 1 aliphatic carbocycles. The summed E-state index contributed by atoms with van der Waals surface area (Å²) in [5.74, 6) is -0.856. The van der Waals surface area contributed by atoms with Gasteiger partial charge in [0, 0.05) is 5.02 Å². The minimum absolute atomic E-state index is 0.150. The smallest absolute Gasteiger partial charge is 0.277 e. The van der Waals surface area contributed by atoms with Crippen LogP contribution in [-0.2, 0) is 16.1 Å². The van der Waals surface area contributed by atoms with Crippen LogP contribution in [-0.4, -0.2) is 22.7 Å². The summed E-state index contributed by atoms with van der Waals surface area (Å²) < 4.78 is 0. The molecule has 2 aliphatic rings. The van der Waals surface area contributed by atoms with E-state index in [2.05, 4.69) is 5.32 Å². The van der Waals surface area contributed by atoms with E-state index in [-0.39, 0.29) is 6.54 Å². The van der Waals surface area contributed by atoms with Crippen LogP contribution in [0.5, 0.6) is 0 Å². The Hall–Kier alpha value is -1.88. The molecule has 4 amide bonds. The molecule has 0 unspecified atom stereocenters. The molecule has 1 aromatic carbocycles. The molecule has 1 heterocycles. The van der Waals surface area contributed by atoms with E-state index in [1.807, 2.05) is 0 Å². The van der Waals surface area contributed by atoms with Crippen molar-refractivity contribution in [3.63, 3.8) is 0 Å². The third-order valence-electron chi connectivity index (χ3n) is 3.56. The van der Waals surface area contributed by atoms with Crippen LogP contribution >= 0.6 is 11.6 Å². The third-order valence-corrected chi connectivity index (χ3v) is 3.81. The second kappa shape index (κ2) is 4.06. The number of carbonyl (C=O) groups excluding carboxylic acids is 3. The SMILES string of the molecule is O=C1NC(=O)C2(CC2)C(=O)N1Cc1ccc(Cl)cc1. The van der Waals surface area contributed by atoms with Crippen LogP contribution in [0.15, 0.2) is 24.3 Å². The molecule has 1 saturated carbocycles. The molecule has 6 heteroatoms. The standard InChI is InChI=1S/C13H11ClN2O3/c14-9-3-1-8(2-4-9)7-16-11(18)13(5-6-13)10(17)15-12(16)19/h1-4H,5-7H2,(H,15,17,19). The summed E-state index contributed by atoms with van der Waals surface area (Å²) in [5.41, 5.74) is -0.196. The van der Waals surface area contributed by atoms with E-state index >= 15 is 0 Å². The van der Waals surface area contributed by atoms with Gasteiger partial charge in [-0.1, -0.05) is 23.7 Å². The van der Waals surface area contributed by atoms with Gasteiger partial charge >= 0.3 is 6.03 Å². The van der Waals surface area contributed by atoms with E-state index in [1.54, 1.807) is 24.3 Å². The lowest BCUT2D eigenvalue weighted by atomic mass is 10.0. The predicted molar refractivity (Wildman–Crippen MR) is 67.2 cm³/mol. The number of nitrogens with one attached hydrogen (secondary N) is 1. The number of benzene rings is 1. The average molecular weight is 279 g/mol. The molecular formula is C13H11ClN2O3. The zero-order valence-electron chi connectivity index (χ0n) is 9.98. The Bertz CT molecular complexity index is 578. The molecule has 3 rings (SSSR count). The minimum Gasteiger partial charge on any atom is -0.277 e. The van der Waals surface area contributed by atoms with E-state index in [0.717, 1.165) is 10.5 Å². The van der Waals surface area contributed by atoms with Crippen molar-refractivity contribution >= 4 is 29.4 Å². The van der Waals surface area contributed by atoms with E-state index in [9.17, 15) is 14.4 Å². The Morgan fingerprint density at radius 2 is 1.79 bits per heavy atom. The lowest BCUT2D eigenvalue weighted by Gasteiger charge is -2.30. The number of barbiturate groups is 1. The van der Waals surface area contributed by atoms with Crippen LogP contribution in [0.2, 0.25) is 5.02 Å². The topological polar surface area (TPSA) is 66.5 Å². The summed E-state index contributed by atoms with van der Waals surface area (Å²) >= 11 is 5.78. The first-order valence-corrected chi connectivity index (χ1v) is 6.32. The highest BCUT2D eigenvalue weighted by molar-refractivity contribution is 6.30. The maximum Gasteiger partial charge on any atom is 0.331 e. The van der Waals surface area contributed by atoms with Gasteiger partial charge < -0.3 is 0 Å². The second-order valence-corrected chi connectivity index (χ2v) is 5.30. The maximum absolute atomic E-state index is 12.2. The highest BCUT2D eigenvalue weighted by Gasteiger charge is 2.62. The van der Waals surface area contributed by atoms with Crippen LogP contribution in [0.4, 0.5) is 4.79 Å². The lowest BCUT2D eigenvalue weighted by molar-refractivity contribution is -0.145. The molecule has 1 aliphatic heterocycles. The van der Waals surface area contributed by atoms with E-state index in [4.69, 9.17) is 11.6 Å². The Morgan fingerprint density at radius 3 is 2.37 bits per heavy atom. The van der Waals surface area contributed by atoms with Crippen molar-refractivity contribution in [2.24, 2.45) is 5.41 Å². The van der Waals surface area contributed by atoms with Crippen molar-refractivity contribution in [2.45, 2.75) is 19.4 Å². The van der Waals surface area contributed by atoms with Crippen molar-refractivity contribution in [3.8, 4) is 0 Å². The number of urea groups is 1. The van der Waals surface area contributed by atoms with Crippen LogP contribution in [0, 0.1) is 5.41 Å². The number of hydrogen-bond acceptors (Lipinski definition) is 3. The summed E-state index contributed by atoms with van der Waals surface area (Å²) in [6.07, 6.45) is 1.03. The van der Waals surface area contributed by atoms with E-state index in [1.165, 1.54) is 0 Å². The lowest BCUT2D eigenvalue weighted by Crippen LogP contribution is -2.58. The molecule has 1 saturated heterocycles. The number of carbonyl (C=O) groups is 3. The van der Waals surface area contributed by atoms with Crippen LogP contribution < -0.4 is 5.32 Å². The zero-order valence-corrected chi connectivity index (χ0v) is 10.7. The molecule has 98 valence electrons. The summed E-state index contributed by atoms with van der Waals surface area (Å²) in [7, 11) is 0. The van der Waals surface area contributed by atoms with Crippen molar-refractivity contribution in [1.29, 1.82) is 0 Å². The van der Waals surface area contributed by atoms with Crippen molar-refractivity contribution in [1.82, 2.24) is 10.2 Å². The first kappa shape index (κ1) is 12.2. The molecule has 19 heavy (non-hydrogen) atoms. The first-order chi connectivity index (χ1) is 9.03. The fourth-order valence-electron chi connectivity index (χ4n) is 2.21. The molecule has 2 fully saturated rings. The third kappa shape index (κ3) is 1.90. The van der Waals surface area contributed by atoms with Gasteiger partial charge in [-0.2, -0.15) is 0 Å². The van der Waals surface area contributed by atoms with Gasteiger partial charge in [-0.3, -0.25) is 19.8 Å². The van der Waals surface area contributed by atoms with Gasteiger partial charge in [0.1, 0.15) is 5.41 Å². The summed E-state index contributed by atoms with van der Waals surface area (Å²) in [5, 5.41) is 2.84. The summed E-state index contributed by atoms with van der Waals surface area (Å²) in [4.78, 5) is 36.7. The zero-order chi connectivity index (χ0) is 13.6. The molecular weight excluding hydrogens is 268 g/mol. The maximum atomic E-state index is 12.2. The Balaban J connectivity index is 1.83. The minimum atomic E-state index is -0.986. The molecule has 0 bridgehead atoms. The fourth-order valence-corrected chi connectivity index (χ4v) is 2.34. The molecule has 1 spiro atoms. The second-order valence-electron chi connectivity index (χ2n) is 4.86. The number of nitrogens with zero attached hydrogens (tertiary/aromatic N) is 1. The monoisotopic (exact) mass is 278 g/mol. The number of halogens is 1. The van der Waals surface area contributed by atoms with Gasteiger partial charge in [0.15, 0.2) is 0 Å². The molecule has 1 aromatic rings. The van der Waals surface area contributed by atoms with Gasteiger partial charge in [0.25, 0.3) is 0 Å². The largest absolute Gasteiger partial charge is 0.331 e. The van der Waals surface area contributed by atoms with E-state index in [0.29, 0.717) is 17.9 Å². The number of amides is 4. The Labute approximate surface area is 114 Å². The molecule has 5 nitrogen and oxygen atoms in total. The van der Waals surface area contributed by atoms with Crippen LogP contribution in [0.1, 0.15) is 18.4 Å². The first-order valence-electron chi connectivity index (χ1n) is 5.95. The summed E-state index contributed by atoms with van der Waals surface area (Å²) in [6, 6.07) is 6.24. The van der Waals surface area contributed by atoms with Crippen LogP contribution in [0.3, 0.4) is 0 Å². The number of rotatable bonds is 2. The van der Waals surface area contributed by atoms with E-state index < -0.39 is 23.3 Å². The Morgan fingerprint density at radius 1 is 1.16 bits per heavy atom. The quantitative estimate of drug-likeness (QED) is 0.837.